The molecule has 0 spiro atoms. The number of hydrogen-bond acceptors (Lipinski definition) is 3. The molecule has 3 heteroatoms. The molecule has 1 aliphatic carbocycles. The number of hydrogen-bond donors (Lipinski definition) is 1. The Morgan fingerprint density at radius 2 is 1.94 bits per heavy atom. The van der Waals surface area contributed by atoms with Gasteiger partial charge in [-0.2, -0.15) is 0 Å². The maximum absolute atomic E-state index is 4.55. The number of nitrogens with one attached hydrogen (secondary N) is 1. The fourth-order valence-corrected chi connectivity index (χ4v) is 2.14. The summed E-state index contributed by atoms with van der Waals surface area (Å²) in [5, 5.41) is 3.24. The minimum Gasteiger partial charge on any atom is -0.324 e. The van der Waals surface area contributed by atoms with Gasteiger partial charge < -0.3 is 5.32 Å². The molecule has 0 fully saturated rings. The van der Waals surface area contributed by atoms with E-state index in [2.05, 4.69) is 34.3 Å². The van der Waals surface area contributed by atoms with Crippen LogP contribution in [0.3, 0.4) is 0 Å². The number of fused-ring (bicyclic) bond motifs is 1. The first kappa shape index (κ1) is 10.3. The minimum absolute atomic E-state index is 0.703. The largest absolute Gasteiger partial charge is 0.324 e. The molecule has 86 valence electrons. The van der Waals surface area contributed by atoms with Crippen LogP contribution in [0.5, 0.6) is 0 Å². The fourth-order valence-electron chi connectivity index (χ4n) is 2.14. The third kappa shape index (κ3) is 2.13. The van der Waals surface area contributed by atoms with E-state index in [0.717, 1.165) is 18.5 Å². The molecule has 0 amide bonds. The van der Waals surface area contributed by atoms with E-state index in [1.807, 2.05) is 18.3 Å². The van der Waals surface area contributed by atoms with Gasteiger partial charge in [-0.25, -0.2) is 9.97 Å². The lowest BCUT2D eigenvalue weighted by molar-refractivity contribution is 0.900. The van der Waals surface area contributed by atoms with E-state index in [1.165, 1.54) is 23.2 Å². The molecule has 0 aliphatic heterocycles. The third-order valence-electron chi connectivity index (χ3n) is 3.12. The predicted molar refractivity (Wildman–Crippen MR) is 68.5 cm³/mol. The number of rotatable bonds is 2. The maximum Gasteiger partial charge on any atom is 0.227 e. The summed E-state index contributed by atoms with van der Waals surface area (Å²) in [7, 11) is 0. The molecular formula is C14H15N3. The Kier molecular flexibility index (Phi) is 2.52. The molecule has 0 bridgehead atoms. The Morgan fingerprint density at radius 1 is 1.12 bits per heavy atom. The summed E-state index contributed by atoms with van der Waals surface area (Å²) < 4.78 is 0. The highest BCUT2D eigenvalue weighted by Crippen LogP contribution is 2.21. The van der Waals surface area contributed by atoms with Crippen LogP contribution in [0.25, 0.3) is 0 Å². The van der Waals surface area contributed by atoms with Crippen LogP contribution in [0.1, 0.15) is 23.2 Å². The maximum atomic E-state index is 4.55. The Labute approximate surface area is 101 Å². The van der Waals surface area contributed by atoms with Crippen LogP contribution in [0, 0.1) is 6.92 Å². The van der Waals surface area contributed by atoms with E-state index >= 15 is 0 Å². The molecule has 3 rings (SSSR count). The summed E-state index contributed by atoms with van der Waals surface area (Å²) in [4.78, 5) is 8.89. The molecular weight excluding hydrogens is 210 g/mol. The monoisotopic (exact) mass is 225 g/mol. The van der Waals surface area contributed by atoms with Crippen LogP contribution in [0.2, 0.25) is 0 Å². The van der Waals surface area contributed by atoms with Gasteiger partial charge in [-0.3, -0.25) is 0 Å². The van der Waals surface area contributed by atoms with Crippen molar-refractivity contribution in [1.82, 2.24) is 9.97 Å². The molecule has 0 unspecified atom stereocenters. The molecule has 3 nitrogen and oxygen atoms in total. The van der Waals surface area contributed by atoms with Crippen molar-refractivity contribution in [1.29, 1.82) is 0 Å². The van der Waals surface area contributed by atoms with E-state index in [0.29, 0.717) is 5.95 Å². The second-order valence-corrected chi connectivity index (χ2v) is 4.51. The molecule has 0 saturated heterocycles. The van der Waals surface area contributed by atoms with Crippen molar-refractivity contribution >= 4 is 11.6 Å². The zero-order valence-electron chi connectivity index (χ0n) is 9.90. The minimum atomic E-state index is 0.703. The number of benzene rings is 1. The zero-order valence-corrected chi connectivity index (χ0v) is 9.90. The second kappa shape index (κ2) is 4.17. The SMILES string of the molecule is Cc1ccc(Nc2ncc3c(n2)CCC3)cc1. The topological polar surface area (TPSA) is 37.8 Å². The van der Waals surface area contributed by atoms with Gasteiger partial charge in [-0.15, -0.1) is 0 Å². The van der Waals surface area contributed by atoms with Crippen LogP contribution < -0.4 is 5.32 Å². The van der Waals surface area contributed by atoms with Gasteiger partial charge in [0.1, 0.15) is 0 Å². The van der Waals surface area contributed by atoms with Crippen LogP contribution in [-0.2, 0) is 12.8 Å². The van der Waals surface area contributed by atoms with Gasteiger partial charge in [-0.1, -0.05) is 17.7 Å². The zero-order chi connectivity index (χ0) is 11.7. The van der Waals surface area contributed by atoms with Gasteiger partial charge in [-0.05, 0) is 43.9 Å². The molecule has 17 heavy (non-hydrogen) atoms. The van der Waals surface area contributed by atoms with Crippen LogP contribution >= 0.6 is 0 Å². The highest BCUT2D eigenvalue weighted by Gasteiger charge is 2.13. The lowest BCUT2D eigenvalue weighted by Gasteiger charge is -2.06. The van der Waals surface area contributed by atoms with Crippen LogP contribution in [0.4, 0.5) is 11.6 Å². The van der Waals surface area contributed by atoms with Crippen molar-refractivity contribution in [3.8, 4) is 0 Å². The van der Waals surface area contributed by atoms with Crippen molar-refractivity contribution in [2.24, 2.45) is 0 Å². The van der Waals surface area contributed by atoms with Gasteiger partial charge in [0, 0.05) is 17.6 Å². The summed E-state index contributed by atoms with van der Waals surface area (Å²) in [5.41, 5.74) is 4.80. The summed E-state index contributed by atoms with van der Waals surface area (Å²) in [6.07, 6.45) is 5.37. The molecule has 1 aromatic carbocycles. The Balaban J connectivity index is 1.83. The lowest BCUT2D eigenvalue weighted by Crippen LogP contribution is -2.00. The average molecular weight is 225 g/mol. The second-order valence-electron chi connectivity index (χ2n) is 4.51. The normalized spacial score (nSPS) is 13.5. The molecule has 0 radical (unpaired) electrons. The first-order valence-corrected chi connectivity index (χ1v) is 6.00. The van der Waals surface area contributed by atoms with Crippen LogP contribution in [-0.4, -0.2) is 9.97 Å². The Bertz CT molecular complexity index is 532. The number of nitrogens with zero attached hydrogens (tertiary/aromatic N) is 2. The van der Waals surface area contributed by atoms with Gasteiger partial charge in [0.2, 0.25) is 5.95 Å². The fraction of sp³-hybridized carbons (Fsp3) is 0.286. The summed E-state index contributed by atoms with van der Waals surface area (Å²) in [5.74, 6) is 0.703. The number of anilines is 2. The van der Waals surface area contributed by atoms with E-state index in [4.69, 9.17) is 0 Å². The average Bonchev–Trinajstić information content (AvgIpc) is 2.79. The first-order chi connectivity index (χ1) is 8.31. The molecule has 0 atom stereocenters. The van der Waals surface area contributed by atoms with Crippen molar-refractivity contribution in [2.75, 3.05) is 5.32 Å². The highest BCUT2D eigenvalue weighted by atomic mass is 15.1. The smallest absolute Gasteiger partial charge is 0.227 e. The molecule has 1 N–H and O–H groups in total. The van der Waals surface area contributed by atoms with Crippen molar-refractivity contribution in [3.05, 3.63) is 47.3 Å². The lowest BCUT2D eigenvalue weighted by atomic mass is 10.2. The first-order valence-electron chi connectivity index (χ1n) is 6.00. The van der Waals surface area contributed by atoms with E-state index < -0.39 is 0 Å². The molecule has 1 aliphatic rings. The van der Waals surface area contributed by atoms with E-state index in [9.17, 15) is 0 Å². The molecule has 0 saturated carbocycles. The van der Waals surface area contributed by atoms with Gasteiger partial charge in [0.15, 0.2) is 0 Å². The standard InChI is InChI=1S/C14H15N3/c1-10-5-7-12(8-6-10)16-14-15-9-11-3-2-4-13(11)17-14/h5-9H,2-4H2,1H3,(H,15,16,17). The van der Waals surface area contributed by atoms with E-state index in [1.54, 1.807) is 0 Å². The van der Waals surface area contributed by atoms with Crippen molar-refractivity contribution < 1.29 is 0 Å². The predicted octanol–water partition coefficient (Wildman–Crippen LogP) is 3.02. The van der Waals surface area contributed by atoms with Crippen molar-refractivity contribution in [3.63, 3.8) is 0 Å². The Hall–Kier alpha value is -1.90. The van der Waals surface area contributed by atoms with Crippen LogP contribution in [0.15, 0.2) is 30.5 Å². The molecule has 2 aromatic rings. The van der Waals surface area contributed by atoms with Gasteiger partial charge in [0.25, 0.3) is 0 Å². The number of aryl methyl sites for hydroxylation is 3. The summed E-state index contributed by atoms with van der Waals surface area (Å²) >= 11 is 0. The summed E-state index contributed by atoms with van der Waals surface area (Å²) in [6, 6.07) is 8.25. The highest BCUT2D eigenvalue weighted by molar-refractivity contribution is 5.53. The Morgan fingerprint density at radius 3 is 2.76 bits per heavy atom. The molecule has 1 heterocycles. The third-order valence-corrected chi connectivity index (χ3v) is 3.12. The van der Waals surface area contributed by atoms with Gasteiger partial charge in [0.05, 0.1) is 0 Å². The number of aromatic nitrogens is 2. The van der Waals surface area contributed by atoms with Gasteiger partial charge >= 0.3 is 0 Å². The van der Waals surface area contributed by atoms with Crippen molar-refractivity contribution in [2.45, 2.75) is 26.2 Å². The molecule has 1 aromatic heterocycles. The summed E-state index contributed by atoms with van der Waals surface area (Å²) in [6.45, 7) is 2.08. The van der Waals surface area contributed by atoms with E-state index in [-0.39, 0.29) is 0 Å². The quantitative estimate of drug-likeness (QED) is 0.853.